The first-order valence-electron chi connectivity index (χ1n) is 10.2. The van der Waals surface area contributed by atoms with Crippen LogP contribution < -0.4 is 10.6 Å². The Bertz CT molecular complexity index is 1090. The number of benzene rings is 3. The summed E-state index contributed by atoms with van der Waals surface area (Å²) in [6, 6.07) is 29.8. The predicted molar refractivity (Wildman–Crippen MR) is 124 cm³/mol. The van der Waals surface area contributed by atoms with Crippen molar-refractivity contribution in [3.63, 3.8) is 0 Å². The lowest BCUT2D eigenvalue weighted by molar-refractivity contribution is -0.116. The largest absolute Gasteiger partial charge is 0.340 e. The zero-order chi connectivity index (χ0) is 21.5. The van der Waals surface area contributed by atoms with E-state index >= 15 is 0 Å². The van der Waals surface area contributed by atoms with Gasteiger partial charge in [0.1, 0.15) is 12.1 Å². The minimum Gasteiger partial charge on any atom is -0.340 e. The van der Waals surface area contributed by atoms with Crippen LogP contribution in [0.15, 0.2) is 97.3 Å². The van der Waals surface area contributed by atoms with Gasteiger partial charge >= 0.3 is 0 Å². The van der Waals surface area contributed by atoms with Crippen molar-refractivity contribution in [2.45, 2.75) is 19.3 Å². The molecule has 31 heavy (non-hydrogen) atoms. The van der Waals surface area contributed by atoms with Crippen LogP contribution in [0.3, 0.4) is 0 Å². The first-order valence-corrected chi connectivity index (χ1v) is 10.2. The molecule has 5 heteroatoms. The van der Waals surface area contributed by atoms with Gasteiger partial charge < -0.3 is 10.6 Å². The summed E-state index contributed by atoms with van der Waals surface area (Å²) in [4.78, 5) is 21.1. The Kier molecular flexibility index (Phi) is 6.33. The molecular weight excluding hydrogens is 384 g/mol. The van der Waals surface area contributed by atoms with Gasteiger partial charge in [-0.2, -0.15) is 0 Å². The molecule has 0 aliphatic rings. The minimum atomic E-state index is -0.0233. The highest BCUT2D eigenvalue weighted by atomic mass is 16.1. The standard InChI is InChI=1S/C26H24N4O/c1-19-16-25(28-18-27-19)29-22-12-14-23(15-13-22)30-26(31)17-24(20-8-4-2-5-9-20)21-10-6-3-7-11-21/h2-16,18,24H,17H2,1H3,(H,30,31)(H,27,28,29). The molecule has 0 saturated carbocycles. The fraction of sp³-hybridized carbons (Fsp3) is 0.115. The van der Waals surface area contributed by atoms with Crippen molar-refractivity contribution in [1.29, 1.82) is 0 Å². The molecule has 1 amide bonds. The molecule has 5 nitrogen and oxygen atoms in total. The molecule has 154 valence electrons. The fourth-order valence-electron chi connectivity index (χ4n) is 3.50. The fourth-order valence-corrected chi connectivity index (χ4v) is 3.50. The molecule has 0 fully saturated rings. The van der Waals surface area contributed by atoms with E-state index in [1.54, 1.807) is 0 Å². The van der Waals surface area contributed by atoms with Gasteiger partial charge in [0.15, 0.2) is 0 Å². The Labute approximate surface area is 182 Å². The van der Waals surface area contributed by atoms with E-state index in [2.05, 4.69) is 44.9 Å². The quantitative estimate of drug-likeness (QED) is 0.412. The molecule has 2 N–H and O–H groups in total. The van der Waals surface area contributed by atoms with Crippen LogP contribution in [-0.2, 0) is 4.79 Å². The SMILES string of the molecule is Cc1cc(Nc2ccc(NC(=O)CC(c3ccccc3)c3ccccc3)cc2)ncn1. The van der Waals surface area contributed by atoms with E-state index in [1.165, 1.54) is 6.33 Å². The molecule has 4 aromatic rings. The van der Waals surface area contributed by atoms with Crippen molar-refractivity contribution < 1.29 is 4.79 Å². The predicted octanol–water partition coefficient (Wildman–Crippen LogP) is 5.69. The maximum Gasteiger partial charge on any atom is 0.225 e. The number of rotatable bonds is 7. The second kappa shape index (κ2) is 9.67. The van der Waals surface area contributed by atoms with Crippen LogP contribution >= 0.6 is 0 Å². The highest BCUT2D eigenvalue weighted by Crippen LogP contribution is 2.28. The molecule has 0 bridgehead atoms. The molecule has 0 radical (unpaired) electrons. The molecule has 0 atom stereocenters. The summed E-state index contributed by atoms with van der Waals surface area (Å²) in [7, 11) is 0. The van der Waals surface area contributed by atoms with Gasteiger partial charge in [-0.15, -0.1) is 0 Å². The lowest BCUT2D eigenvalue weighted by Crippen LogP contribution is -2.16. The van der Waals surface area contributed by atoms with Gasteiger partial charge in [-0.1, -0.05) is 60.7 Å². The highest BCUT2D eigenvalue weighted by molar-refractivity contribution is 5.91. The van der Waals surface area contributed by atoms with Crippen molar-refractivity contribution in [2.75, 3.05) is 10.6 Å². The normalized spacial score (nSPS) is 10.6. The Morgan fingerprint density at radius 1 is 0.806 bits per heavy atom. The van der Waals surface area contributed by atoms with E-state index in [4.69, 9.17) is 0 Å². The molecule has 3 aromatic carbocycles. The van der Waals surface area contributed by atoms with Gasteiger partial charge in [-0.05, 0) is 42.3 Å². The van der Waals surface area contributed by atoms with Crippen LogP contribution in [-0.4, -0.2) is 15.9 Å². The van der Waals surface area contributed by atoms with E-state index in [0.717, 1.165) is 34.0 Å². The molecule has 0 aliphatic carbocycles. The van der Waals surface area contributed by atoms with Gasteiger partial charge in [0.25, 0.3) is 0 Å². The highest BCUT2D eigenvalue weighted by Gasteiger charge is 2.18. The van der Waals surface area contributed by atoms with Gasteiger partial charge in [0.05, 0.1) is 0 Å². The van der Waals surface area contributed by atoms with E-state index in [-0.39, 0.29) is 11.8 Å². The molecular formula is C26H24N4O. The number of carbonyl (C=O) groups excluding carboxylic acids is 1. The molecule has 1 heterocycles. The van der Waals surface area contributed by atoms with E-state index < -0.39 is 0 Å². The van der Waals surface area contributed by atoms with Gasteiger partial charge in [0, 0.05) is 35.5 Å². The molecule has 0 unspecified atom stereocenters. The third-order valence-electron chi connectivity index (χ3n) is 5.04. The first-order chi connectivity index (χ1) is 15.2. The first kappa shape index (κ1) is 20.3. The second-order valence-corrected chi connectivity index (χ2v) is 7.37. The monoisotopic (exact) mass is 408 g/mol. The average molecular weight is 409 g/mol. The van der Waals surface area contributed by atoms with Crippen LogP contribution in [0.2, 0.25) is 0 Å². The lowest BCUT2D eigenvalue weighted by Gasteiger charge is -2.18. The minimum absolute atomic E-state index is 0.00402. The van der Waals surface area contributed by atoms with Crippen LogP contribution in [0.25, 0.3) is 0 Å². The number of aryl methyl sites for hydroxylation is 1. The third kappa shape index (κ3) is 5.54. The van der Waals surface area contributed by atoms with Gasteiger partial charge in [-0.3, -0.25) is 4.79 Å². The van der Waals surface area contributed by atoms with Gasteiger partial charge in [-0.25, -0.2) is 9.97 Å². The summed E-state index contributed by atoms with van der Waals surface area (Å²) in [5, 5.41) is 6.26. The van der Waals surface area contributed by atoms with E-state index in [1.807, 2.05) is 73.7 Å². The maximum absolute atomic E-state index is 12.8. The summed E-state index contributed by atoms with van der Waals surface area (Å²) in [5.41, 5.74) is 4.80. The Hall–Kier alpha value is -3.99. The maximum atomic E-state index is 12.8. The van der Waals surface area contributed by atoms with Crippen molar-refractivity contribution in [3.8, 4) is 0 Å². The molecule has 0 aliphatic heterocycles. The second-order valence-electron chi connectivity index (χ2n) is 7.37. The van der Waals surface area contributed by atoms with Crippen LogP contribution in [0.1, 0.15) is 29.2 Å². The molecule has 1 aromatic heterocycles. The van der Waals surface area contributed by atoms with Crippen molar-refractivity contribution in [2.24, 2.45) is 0 Å². The van der Waals surface area contributed by atoms with Crippen LogP contribution in [0.5, 0.6) is 0 Å². The summed E-state index contributed by atoms with van der Waals surface area (Å²) >= 11 is 0. The van der Waals surface area contributed by atoms with E-state index in [9.17, 15) is 4.79 Å². The van der Waals surface area contributed by atoms with Crippen molar-refractivity contribution in [3.05, 3.63) is 114 Å². The summed E-state index contributed by atoms with van der Waals surface area (Å²) < 4.78 is 0. The zero-order valence-corrected chi connectivity index (χ0v) is 17.3. The summed E-state index contributed by atoms with van der Waals surface area (Å²) in [6.45, 7) is 1.92. The zero-order valence-electron chi connectivity index (χ0n) is 17.3. The van der Waals surface area contributed by atoms with E-state index in [0.29, 0.717) is 6.42 Å². The Morgan fingerprint density at radius 2 is 1.39 bits per heavy atom. The van der Waals surface area contributed by atoms with Gasteiger partial charge in [0.2, 0.25) is 5.91 Å². The number of nitrogens with one attached hydrogen (secondary N) is 2. The molecule has 0 spiro atoms. The smallest absolute Gasteiger partial charge is 0.225 e. The number of amides is 1. The van der Waals surface area contributed by atoms with Crippen LogP contribution in [0, 0.1) is 6.92 Å². The number of anilines is 3. The number of hydrogen-bond acceptors (Lipinski definition) is 4. The topological polar surface area (TPSA) is 66.9 Å². The Morgan fingerprint density at radius 3 is 1.97 bits per heavy atom. The van der Waals surface area contributed by atoms with Crippen LogP contribution in [0.4, 0.5) is 17.2 Å². The number of carbonyl (C=O) groups is 1. The third-order valence-corrected chi connectivity index (χ3v) is 5.04. The molecule has 0 saturated heterocycles. The van der Waals surface area contributed by atoms with Crippen molar-refractivity contribution in [1.82, 2.24) is 9.97 Å². The Balaban J connectivity index is 1.43. The number of aromatic nitrogens is 2. The number of hydrogen-bond donors (Lipinski definition) is 2. The summed E-state index contributed by atoms with van der Waals surface area (Å²) in [6.07, 6.45) is 1.90. The number of nitrogens with zero attached hydrogens (tertiary/aromatic N) is 2. The summed E-state index contributed by atoms with van der Waals surface area (Å²) in [5.74, 6) is 0.715. The molecule has 4 rings (SSSR count). The average Bonchev–Trinajstić information content (AvgIpc) is 2.80. The lowest BCUT2D eigenvalue weighted by atomic mass is 9.88. The van der Waals surface area contributed by atoms with Crippen molar-refractivity contribution >= 4 is 23.1 Å².